The zero-order chi connectivity index (χ0) is 25.6. The first-order chi connectivity index (χ1) is 16.6. The number of hydrogen-bond acceptors (Lipinski definition) is 13. The maximum Gasteiger partial charge on any atom is 0.238 e. The number of aliphatic hydroxyl groups is 4. The topological polar surface area (TPSA) is 220 Å². The fourth-order valence-corrected chi connectivity index (χ4v) is 3.72. The van der Waals surface area contributed by atoms with E-state index < -0.39 is 82.6 Å². The summed E-state index contributed by atoms with van der Waals surface area (Å²) in [5, 5.41) is 79.4. The fraction of sp³-hybridized carbons (Fsp3) is 0.318. The van der Waals surface area contributed by atoms with E-state index in [1.807, 2.05) is 0 Å². The fourth-order valence-electron chi connectivity index (χ4n) is 3.72. The predicted octanol–water partition coefficient (Wildman–Crippen LogP) is -0.530. The van der Waals surface area contributed by atoms with E-state index in [0.717, 1.165) is 25.3 Å². The van der Waals surface area contributed by atoms with Gasteiger partial charge in [0.15, 0.2) is 28.8 Å². The summed E-state index contributed by atoms with van der Waals surface area (Å²) in [4.78, 5) is 12.8. The van der Waals surface area contributed by atoms with Crippen LogP contribution >= 0.6 is 0 Å². The zero-order valence-electron chi connectivity index (χ0n) is 18.0. The number of ether oxygens (including phenoxy) is 3. The highest BCUT2D eigenvalue weighted by Crippen LogP contribution is 2.45. The van der Waals surface area contributed by atoms with Crippen LogP contribution in [0.15, 0.2) is 33.5 Å². The van der Waals surface area contributed by atoms with Crippen LogP contribution in [0.5, 0.6) is 34.5 Å². The summed E-state index contributed by atoms with van der Waals surface area (Å²) in [5.41, 5.74) is -1.35. The third-order valence-corrected chi connectivity index (χ3v) is 5.59. The first-order valence-electron chi connectivity index (χ1n) is 10.2. The van der Waals surface area contributed by atoms with Gasteiger partial charge in [0.25, 0.3) is 0 Å². The largest absolute Gasteiger partial charge is 0.504 e. The molecule has 0 radical (unpaired) electrons. The molecule has 188 valence electrons. The molecule has 0 amide bonds. The van der Waals surface area contributed by atoms with Crippen LogP contribution in [0.2, 0.25) is 0 Å². The van der Waals surface area contributed by atoms with Crippen molar-refractivity contribution in [2.75, 3.05) is 13.7 Å². The Kier molecular flexibility index (Phi) is 6.36. The molecule has 1 aliphatic heterocycles. The van der Waals surface area contributed by atoms with Gasteiger partial charge in [-0.05, 0) is 18.2 Å². The van der Waals surface area contributed by atoms with Crippen LogP contribution in [0.4, 0.5) is 0 Å². The highest BCUT2D eigenvalue weighted by atomic mass is 16.7. The monoisotopic (exact) mass is 494 g/mol. The van der Waals surface area contributed by atoms with Crippen molar-refractivity contribution in [3.05, 3.63) is 34.5 Å². The van der Waals surface area contributed by atoms with Gasteiger partial charge in [-0.3, -0.25) is 4.79 Å². The van der Waals surface area contributed by atoms with Crippen molar-refractivity contribution in [1.29, 1.82) is 0 Å². The highest BCUT2D eigenvalue weighted by Gasteiger charge is 2.45. The molecule has 3 aromatic rings. The number of aromatic hydroxyl groups is 4. The number of fused-ring (bicyclic) bond motifs is 1. The molecule has 0 spiro atoms. The van der Waals surface area contributed by atoms with Crippen molar-refractivity contribution in [2.24, 2.45) is 0 Å². The second-order valence-corrected chi connectivity index (χ2v) is 7.76. The van der Waals surface area contributed by atoms with E-state index in [4.69, 9.17) is 18.6 Å². The van der Waals surface area contributed by atoms with Gasteiger partial charge in [-0.1, -0.05) is 0 Å². The zero-order valence-corrected chi connectivity index (χ0v) is 18.0. The lowest BCUT2D eigenvalue weighted by molar-refractivity contribution is -0.277. The average molecular weight is 494 g/mol. The van der Waals surface area contributed by atoms with Crippen LogP contribution in [-0.4, -0.2) is 85.3 Å². The molecule has 35 heavy (non-hydrogen) atoms. The molecule has 1 aromatic heterocycles. The molecular formula is C22H22O13. The van der Waals surface area contributed by atoms with Crippen molar-refractivity contribution in [3.63, 3.8) is 0 Å². The van der Waals surface area contributed by atoms with Crippen LogP contribution in [0.25, 0.3) is 22.3 Å². The molecule has 0 unspecified atom stereocenters. The van der Waals surface area contributed by atoms with E-state index in [2.05, 4.69) is 0 Å². The molecule has 0 bridgehead atoms. The molecule has 2 heterocycles. The van der Waals surface area contributed by atoms with Crippen LogP contribution in [0.3, 0.4) is 0 Å². The standard InChI is InChI=1S/C22H22O13/c1-32-21-11(34-22-19(31)17(29)14(26)12(6-23)35-22)5-10-13(16(21)28)15(27)18(30)20(33-10)7-2-3-8(24)9(25)4-7/h2-5,12,14,17,19,22-26,28-31H,6H2,1H3/t12-,14+,17-,19-,22-/m1/s1. The van der Waals surface area contributed by atoms with Gasteiger partial charge >= 0.3 is 0 Å². The summed E-state index contributed by atoms with van der Waals surface area (Å²) in [7, 11) is 1.14. The smallest absolute Gasteiger partial charge is 0.238 e. The van der Waals surface area contributed by atoms with Gasteiger partial charge in [0.1, 0.15) is 35.4 Å². The Morgan fingerprint density at radius 2 is 1.66 bits per heavy atom. The highest BCUT2D eigenvalue weighted by molar-refractivity contribution is 5.91. The number of benzene rings is 2. The first kappa shape index (κ1) is 24.4. The molecule has 1 aliphatic rings. The summed E-state index contributed by atoms with van der Waals surface area (Å²) in [6.45, 7) is -0.706. The summed E-state index contributed by atoms with van der Waals surface area (Å²) < 4.78 is 21.5. The Bertz CT molecular complexity index is 1320. The van der Waals surface area contributed by atoms with E-state index >= 15 is 0 Å². The maximum atomic E-state index is 12.8. The number of rotatable bonds is 5. The normalized spacial score (nSPS) is 24.4. The molecule has 1 saturated heterocycles. The van der Waals surface area contributed by atoms with E-state index in [-0.39, 0.29) is 16.9 Å². The van der Waals surface area contributed by atoms with E-state index in [1.165, 1.54) is 6.07 Å². The molecule has 8 N–H and O–H groups in total. The average Bonchev–Trinajstić information content (AvgIpc) is 2.83. The van der Waals surface area contributed by atoms with Crippen molar-refractivity contribution in [2.45, 2.75) is 30.7 Å². The third-order valence-electron chi connectivity index (χ3n) is 5.59. The molecule has 13 nitrogen and oxygen atoms in total. The van der Waals surface area contributed by atoms with Crippen molar-refractivity contribution in [3.8, 4) is 45.8 Å². The van der Waals surface area contributed by atoms with E-state index in [1.54, 1.807) is 0 Å². The van der Waals surface area contributed by atoms with Crippen LogP contribution in [0, 0.1) is 0 Å². The Morgan fingerprint density at radius 3 is 2.29 bits per heavy atom. The van der Waals surface area contributed by atoms with E-state index in [0.29, 0.717) is 0 Å². The lowest BCUT2D eigenvalue weighted by atomic mass is 9.99. The number of hydrogen-bond donors (Lipinski definition) is 8. The first-order valence-corrected chi connectivity index (χ1v) is 10.2. The predicted molar refractivity (Wildman–Crippen MR) is 116 cm³/mol. The lowest BCUT2D eigenvalue weighted by Crippen LogP contribution is -2.60. The number of aliphatic hydroxyl groups excluding tert-OH is 4. The van der Waals surface area contributed by atoms with E-state index in [9.17, 15) is 45.6 Å². The molecule has 13 heteroatoms. The van der Waals surface area contributed by atoms with Crippen LogP contribution < -0.4 is 14.9 Å². The van der Waals surface area contributed by atoms with Gasteiger partial charge in [-0.25, -0.2) is 0 Å². The summed E-state index contributed by atoms with van der Waals surface area (Å²) in [6, 6.07) is 4.48. The van der Waals surface area contributed by atoms with Gasteiger partial charge in [-0.15, -0.1) is 0 Å². The summed E-state index contributed by atoms with van der Waals surface area (Å²) in [5.74, 6) is -3.81. The Labute approximate surface area is 195 Å². The number of phenolic OH excluding ortho intramolecular Hbond substituents is 3. The van der Waals surface area contributed by atoms with Gasteiger partial charge in [0.2, 0.25) is 23.2 Å². The molecule has 1 fully saturated rings. The lowest BCUT2D eigenvalue weighted by Gasteiger charge is -2.39. The summed E-state index contributed by atoms with van der Waals surface area (Å²) >= 11 is 0. The SMILES string of the molecule is COc1c(O[C@@H]2O[C@H](CO)[C@H](O)[C@@H](O)[C@H]2O)cc2oc(-c3ccc(O)c(O)c3)c(O)c(=O)c2c1O. The van der Waals surface area contributed by atoms with Crippen molar-refractivity contribution < 1.29 is 59.5 Å². The minimum absolute atomic E-state index is 0.0171. The van der Waals surface area contributed by atoms with Crippen LogP contribution in [-0.2, 0) is 4.74 Å². The Hall–Kier alpha value is -3.75. The minimum atomic E-state index is -1.78. The molecule has 0 aliphatic carbocycles. The summed E-state index contributed by atoms with van der Waals surface area (Å²) in [6.07, 6.45) is -8.07. The Morgan fingerprint density at radius 1 is 0.943 bits per heavy atom. The van der Waals surface area contributed by atoms with Gasteiger partial charge < -0.3 is 59.5 Å². The number of methoxy groups -OCH3 is 1. The van der Waals surface area contributed by atoms with Gasteiger partial charge in [0.05, 0.1) is 13.7 Å². The van der Waals surface area contributed by atoms with Crippen molar-refractivity contribution in [1.82, 2.24) is 0 Å². The van der Waals surface area contributed by atoms with Gasteiger partial charge in [0, 0.05) is 11.6 Å². The molecule has 0 saturated carbocycles. The van der Waals surface area contributed by atoms with Crippen molar-refractivity contribution >= 4 is 11.0 Å². The second kappa shape index (κ2) is 9.13. The molecular weight excluding hydrogens is 472 g/mol. The van der Waals surface area contributed by atoms with Gasteiger partial charge in [-0.2, -0.15) is 0 Å². The second-order valence-electron chi connectivity index (χ2n) is 7.76. The Balaban J connectivity index is 1.85. The molecule has 2 aromatic carbocycles. The third kappa shape index (κ3) is 4.05. The number of phenols is 3. The minimum Gasteiger partial charge on any atom is -0.504 e. The maximum absolute atomic E-state index is 12.8. The molecule has 5 atom stereocenters. The molecule has 4 rings (SSSR count). The van der Waals surface area contributed by atoms with Crippen LogP contribution in [0.1, 0.15) is 0 Å². The quantitative estimate of drug-likeness (QED) is 0.209.